The van der Waals surface area contributed by atoms with Gasteiger partial charge in [0.1, 0.15) is 0 Å². The van der Waals surface area contributed by atoms with E-state index in [4.69, 9.17) is 0 Å². The summed E-state index contributed by atoms with van der Waals surface area (Å²) in [5.41, 5.74) is 0.796. The quantitative estimate of drug-likeness (QED) is 0.780. The molecule has 6 heteroatoms. The highest BCUT2D eigenvalue weighted by atomic mass is 19.4. The second-order valence-corrected chi connectivity index (χ2v) is 3.94. The van der Waals surface area contributed by atoms with Crippen molar-refractivity contribution in [2.75, 3.05) is 20.7 Å². The lowest BCUT2D eigenvalue weighted by molar-refractivity contribution is -0.144. The molecule has 0 radical (unpaired) electrons. The van der Waals surface area contributed by atoms with Gasteiger partial charge in [0.25, 0.3) is 0 Å². The molecular formula is C12H14F3NO2. The Bertz CT molecular complexity index is 418. The van der Waals surface area contributed by atoms with Crippen molar-refractivity contribution >= 4 is 5.97 Å². The summed E-state index contributed by atoms with van der Waals surface area (Å²) in [6, 6.07) is 6.45. The fourth-order valence-corrected chi connectivity index (χ4v) is 1.62. The van der Waals surface area contributed by atoms with Crippen LogP contribution < -0.4 is 0 Å². The maximum absolute atomic E-state index is 12.2. The number of hydrogen-bond acceptors (Lipinski definition) is 3. The Balaban J connectivity index is 2.81. The first-order valence-corrected chi connectivity index (χ1v) is 5.25. The molecule has 1 rings (SSSR count). The van der Waals surface area contributed by atoms with Gasteiger partial charge in [0, 0.05) is 6.54 Å². The summed E-state index contributed by atoms with van der Waals surface area (Å²) < 4.78 is 41.2. The highest BCUT2D eigenvalue weighted by Gasteiger charge is 2.29. The van der Waals surface area contributed by atoms with E-state index in [1.165, 1.54) is 20.2 Å². The molecule has 0 aliphatic rings. The first-order chi connectivity index (χ1) is 8.33. The summed E-state index contributed by atoms with van der Waals surface area (Å²) in [6.45, 7) is -0.993. The lowest BCUT2D eigenvalue weighted by atomic mass is 10.1. The summed E-state index contributed by atoms with van der Waals surface area (Å²) >= 11 is 0. The van der Waals surface area contributed by atoms with Crippen LogP contribution in [0.2, 0.25) is 0 Å². The van der Waals surface area contributed by atoms with Crippen molar-refractivity contribution in [3.63, 3.8) is 0 Å². The monoisotopic (exact) mass is 261 g/mol. The van der Waals surface area contributed by atoms with Crippen LogP contribution in [0.25, 0.3) is 0 Å². The molecule has 1 aromatic carbocycles. The van der Waals surface area contributed by atoms with Crippen molar-refractivity contribution in [1.29, 1.82) is 0 Å². The summed E-state index contributed by atoms with van der Waals surface area (Å²) in [4.78, 5) is 12.5. The van der Waals surface area contributed by atoms with Gasteiger partial charge in [0.05, 0.1) is 19.2 Å². The molecule has 0 N–H and O–H groups in total. The van der Waals surface area contributed by atoms with Gasteiger partial charge < -0.3 is 4.74 Å². The molecule has 0 aromatic heterocycles. The van der Waals surface area contributed by atoms with Crippen molar-refractivity contribution in [2.45, 2.75) is 12.7 Å². The molecule has 0 bridgehead atoms. The van der Waals surface area contributed by atoms with E-state index in [1.54, 1.807) is 18.2 Å². The molecule has 3 nitrogen and oxygen atoms in total. The van der Waals surface area contributed by atoms with Gasteiger partial charge in [0.2, 0.25) is 0 Å². The predicted molar refractivity (Wildman–Crippen MR) is 60.2 cm³/mol. The molecule has 0 spiro atoms. The Morgan fingerprint density at radius 1 is 1.33 bits per heavy atom. The molecule has 0 aliphatic heterocycles. The zero-order chi connectivity index (χ0) is 13.8. The summed E-state index contributed by atoms with van der Waals surface area (Å²) in [5, 5.41) is 0. The van der Waals surface area contributed by atoms with E-state index in [-0.39, 0.29) is 12.1 Å². The van der Waals surface area contributed by atoms with Crippen LogP contribution in [0, 0.1) is 0 Å². The maximum Gasteiger partial charge on any atom is 0.401 e. The third-order valence-corrected chi connectivity index (χ3v) is 2.31. The molecule has 0 atom stereocenters. The van der Waals surface area contributed by atoms with E-state index < -0.39 is 18.7 Å². The molecule has 0 heterocycles. The van der Waals surface area contributed by atoms with Crippen LogP contribution in [-0.4, -0.2) is 37.7 Å². The zero-order valence-electron chi connectivity index (χ0n) is 10.1. The highest BCUT2D eigenvalue weighted by molar-refractivity contribution is 5.90. The molecule has 0 saturated heterocycles. The third kappa shape index (κ3) is 4.37. The number of rotatable bonds is 4. The standard InChI is InChI=1S/C12H14F3NO2/c1-16(8-12(13,14)15)7-9-5-3-4-6-10(9)11(17)18-2/h3-6H,7-8H2,1-2H3. The van der Waals surface area contributed by atoms with Crippen LogP contribution in [0.4, 0.5) is 13.2 Å². The average Bonchev–Trinajstić information content (AvgIpc) is 2.26. The van der Waals surface area contributed by atoms with Crippen LogP contribution in [0.1, 0.15) is 15.9 Å². The number of esters is 1. The van der Waals surface area contributed by atoms with Gasteiger partial charge in [0.15, 0.2) is 0 Å². The van der Waals surface area contributed by atoms with Gasteiger partial charge in [-0.2, -0.15) is 13.2 Å². The molecule has 18 heavy (non-hydrogen) atoms. The number of benzene rings is 1. The second kappa shape index (κ2) is 5.86. The van der Waals surface area contributed by atoms with E-state index >= 15 is 0 Å². The maximum atomic E-state index is 12.2. The number of carbonyl (C=O) groups excluding carboxylic acids is 1. The van der Waals surface area contributed by atoms with E-state index in [1.807, 2.05) is 0 Å². The Morgan fingerprint density at radius 3 is 2.50 bits per heavy atom. The fraction of sp³-hybridized carbons (Fsp3) is 0.417. The molecular weight excluding hydrogens is 247 g/mol. The molecule has 1 aromatic rings. The Labute approximate surface area is 103 Å². The Kier molecular flexibility index (Phi) is 4.72. The molecule has 0 amide bonds. The third-order valence-electron chi connectivity index (χ3n) is 2.31. The number of carbonyl (C=O) groups is 1. The molecule has 0 aliphatic carbocycles. The van der Waals surface area contributed by atoms with Crippen LogP contribution in [0.15, 0.2) is 24.3 Å². The van der Waals surface area contributed by atoms with Gasteiger partial charge in [-0.25, -0.2) is 4.79 Å². The van der Waals surface area contributed by atoms with Crippen molar-refractivity contribution in [1.82, 2.24) is 4.90 Å². The molecule has 0 saturated carbocycles. The molecule has 0 unspecified atom stereocenters. The zero-order valence-corrected chi connectivity index (χ0v) is 10.1. The SMILES string of the molecule is COC(=O)c1ccccc1CN(C)CC(F)(F)F. The van der Waals surface area contributed by atoms with Crippen LogP contribution >= 0.6 is 0 Å². The smallest absolute Gasteiger partial charge is 0.401 e. The van der Waals surface area contributed by atoms with Gasteiger partial charge in [-0.1, -0.05) is 18.2 Å². The van der Waals surface area contributed by atoms with Crippen molar-refractivity contribution < 1.29 is 22.7 Å². The van der Waals surface area contributed by atoms with Crippen LogP contribution in [-0.2, 0) is 11.3 Å². The number of methoxy groups -OCH3 is 1. The predicted octanol–water partition coefficient (Wildman–Crippen LogP) is 2.47. The van der Waals surface area contributed by atoms with Gasteiger partial charge in [-0.3, -0.25) is 4.90 Å². The second-order valence-electron chi connectivity index (χ2n) is 3.94. The van der Waals surface area contributed by atoms with Crippen LogP contribution in [0.5, 0.6) is 0 Å². The van der Waals surface area contributed by atoms with Crippen molar-refractivity contribution in [2.24, 2.45) is 0 Å². The van der Waals surface area contributed by atoms with E-state index in [2.05, 4.69) is 4.74 Å². The number of ether oxygens (including phenoxy) is 1. The topological polar surface area (TPSA) is 29.5 Å². The Morgan fingerprint density at radius 2 is 1.94 bits per heavy atom. The minimum Gasteiger partial charge on any atom is -0.465 e. The van der Waals surface area contributed by atoms with Crippen molar-refractivity contribution in [3.05, 3.63) is 35.4 Å². The fourth-order valence-electron chi connectivity index (χ4n) is 1.62. The van der Waals surface area contributed by atoms with E-state index in [0.717, 1.165) is 4.90 Å². The number of hydrogen-bond donors (Lipinski definition) is 0. The highest BCUT2D eigenvalue weighted by Crippen LogP contribution is 2.18. The van der Waals surface area contributed by atoms with Crippen LogP contribution in [0.3, 0.4) is 0 Å². The number of nitrogens with zero attached hydrogens (tertiary/aromatic N) is 1. The average molecular weight is 261 g/mol. The largest absolute Gasteiger partial charge is 0.465 e. The lowest BCUT2D eigenvalue weighted by Crippen LogP contribution is -2.31. The summed E-state index contributed by atoms with van der Waals surface area (Å²) in [5.74, 6) is -0.550. The first-order valence-electron chi connectivity index (χ1n) is 5.25. The van der Waals surface area contributed by atoms with Gasteiger partial charge >= 0.3 is 12.1 Å². The van der Waals surface area contributed by atoms with Gasteiger partial charge in [-0.15, -0.1) is 0 Å². The number of alkyl halides is 3. The normalized spacial score (nSPS) is 11.7. The Hall–Kier alpha value is -1.56. The van der Waals surface area contributed by atoms with Gasteiger partial charge in [-0.05, 0) is 18.7 Å². The number of halogens is 3. The minimum atomic E-state index is -4.26. The lowest BCUT2D eigenvalue weighted by Gasteiger charge is -2.19. The summed E-state index contributed by atoms with van der Waals surface area (Å²) in [7, 11) is 2.58. The minimum absolute atomic E-state index is 0.0325. The first kappa shape index (κ1) is 14.5. The molecule has 100 valence electrons. The van der Waals surface area contributed by atoms with E-state index in [9.17, 15) is 18.0 Å². The van der Waals surface area contributed by atoms with E-state index in [0.29, 0.717) is 5.56 Å². The summed E-state index contributed by atoms with van der Waals surface area (Å²) in [6.07, 6.45) is -4.26. The van der Waals surface area contributed by atoms with Crippen molar-refractivity contribution in [3.8, 4) is 0 Å². The molecule has 0 fully saturated rings.